The summed E-state index contributed by atoms with van der Waals surface area (Å²) in [5.74, 6) is -0.0119. The Morgan fingerprint density at radius 3 is 2.61 bits per heavy atom. The van der Waals surface area contributed by atoms with E-state index < -0.39 is 4.92 Å². The summed E-state index contributed by atoms with van der Waals surface area (Å²) in [4.78, 5) is 22.6. The lowest BCUT2D eigenvalue weighted by atomic mass is 10.2. The van der Waals surface area contributed by atoms with Crippen LogP contribution in [0.5, 0.6) is 0 Å². The van der Waals surface area contributed by atoms with Gasteiger partial charge in [0.05, 0.1) is 21.5 Å². The zero-order valence-corrected chi connectivity index (χ0v) is 16.5. The quantitative estimate of drug-likeness (QED) is 0.482. The third-order valence-electron chi connectivity index (χ3n) is 4.13. The maximum atomic E-state index is 12.3. The van der Waals surface area contributed by atoms with Gasteiger partial charge in [0.15, 0.2) is 5.82 Å². The predicted molar refractivity (Wildman–Crippen MR) is 105 cm³/mol. The Morgan fingerprint density at radius 1 is 1.21 bits per heavy atom. The molecule has 1 aromatic carbocycles. The molecule has 0 aliphatic heterocycles. The number of carbonyl (C=O) groups excluding carboxylic acids is 1. The molecule has 0 fully saturated rings. The molecule has 0 aliphatic rings. The van der Waals surface area contributed by atoms with Gasteiger partial charge in [-0.15, -0.1) is 0 Å². The van der Waals surface area contributed by atoms with E-state index in [1.807, 2.05) is 13.0 Å². The molecule has 2 aromatic heterocycles. The fraction of sp³-hybridized carbons (Fsp3) is 0.235. The smallest absolute Gasteiger partial charge is 0.308 e. The molecule has 0 saturated carbocycles. The van der Waals surface area contributed by atoms with Crippen LogP contribution in [0.1, 0.15) is 17.0 Å². The summed E-state index contributed by atoms with van der Waals surface area (Å²) >= 11 is 12.0. The Labute approximate surface area is 170 Å². The van der Waals surface area contributed by atoms with Crippen LogP contribution in [0.3, 0.4) is 0 Å². The molecule has 1 N–H and O–H groups in total. The minimum Gasteiger partial charge on any atom is -0.308 e. The number of hydrogen-bond donors (Lipinski definition) is 1. The topological polar surface area (TPSA) is 108 Å². The van der Waals surface area contributed by atoms with Crippen molar-refractivity contribution in [2.24, 2.45) is 0 Å². The molecule has 1 amide bonds. The van der Waals surface area contributed by atoms with Crippen LogP contribution in [-0.4, -0.2) is 30.4 Å². The molecule has 0 spiro atoms. The van der Waals surface area contributed by atoms with Crippen molar-refractivity contribution in [3.63, 3.8) is 0 Å². The van der Waals surface area contributed by atoms with Crippen molar-refractivity contribution < 1.29 is 9.72 Å². The van der Waals surface area contributed by atoms with E-state index in [-0.39, 0.29) is 18.1 Å². The van der Waals surface area contributed by atoms with Crippen LogP contribution >= 0.6 is 23.2 Å². The van der Waals surface area contributed by atoms with Gasteiger partial charge >= 0.3 is 5.69 Å². The second-order valence-corrected chi connectivity index (χ2v) is 6.97. The summed E-state index contributed by atoms with van der Waals surface area (Å²) in [7, 11) is 0. The van der Waals surface area contributed by atoms with Crippen LogP contribution < -0.4 is 5.32 Å². The van der Waals surface area contributed by atoms with Gasteiger partial charge < -0.3 is 5.32 Å². The minimum atomic E-state index is -0.537. The first-order chi connectivity index (χ1) is 13.2. The van der Waals surface area contributed by atoms with Crippen molar-refractivity contribution >= 4 is 40.6 Å². The fourth-order valence-electron chi connectivity index (χ4n) is 2.64. The first kappa shape index (κ1) is 19.8. The lowest BCUT2D eigenvalue weighted by molar-refractivity contribution is -0.385. The van der Waals surface area contributed by atoms with Gasteiger partial charge in [-0.2, -0.15) is 10.2 Å². The number of amides is 1. The molecule has 0 bridgehead atoms. The normalized spacial score (nSPS) is 10.9. The lowest BCUT2D eigenvalue weighted by Crippen LogP contribution is -2.20. The van der Waals surface area contributed by atoms with Gasteiger partial charge in [0.1, 0.15) is 18.4 Å². The molecule has 3 aromatic rings. The largest absolute Gasteiger partial charge is 0.309 e. The van der Waals surface area contributed by atoms with Crippen LogP contribution in [0.15, 0.2) is 30.5 Å². The molecule has 28 heavy (non-hydrogen) atoms. The fourth-order valence-corrected chi connectivity index (χ4v) is 2.96. The number of halogens is 2. The van der Waals surface area contributed by atoms with Crippen LogP contribution in [0, 0.1) is 24.0 Å². The van der Waals surface area contributed by atoms with Gasteiger partial charge in [-0.25, -0.2) is 0 Å². The van der Waals surface area contributed by atoms with Gasteiger partial charge in [-0.3, -0.25) is 24.3 Å². The first-order valence-corrected chi connectivity index (χ1v) is 8.95. The van der Waals surface area contributed by atoms with Crippen molar-refractivity contribution in [3.05, 3.63) is 67.6 Å². The van der Waals surface area contributed by atoms with Crippen LogP contribution in [0.4, 0.5) is 11.5 Å². The SMILES string of the molecule is Cc1cc(NC(=O)Cn2ncc([N+](=O)[O-])c2C)nn1Cc1ccc(Cl)c(Cl)c1. The van der Waals surface area contributed by atoms with E-state index in [4.69, 9.17) is 23.2 Å². The molecular formula is C17H16Cl2N6O3. The second-order valence-electron chi connectivity index (χ2n) is 6.16. The number of rotatable bonds is 6. The third-order valence-corrected chi connectivity index (χ3v) is 4.87. The maximum absolute atomic E-state index is 12.3. The highest BCUT2D eigenvalue weighted by Crippen LogP contribution is 2.23. The maximum Gasteiger partial charge on any atom is 0.309 e. The minimum absolute atomic E-state index is 0.130. The second kappa shape index (κ2) is 7.99. The number of carbonyl (C=O) groups is 1. The molecule has 0 atom stereocenters. The Morgan fingerprint density at radius 2 is 1.96 bits per heavy atom. The number of nitrogens with zero attached hydrogens (tertiary/aromatic N) is 5. The van der Waals surface area contributed by atoms with Gasteiger partial charge in [0, 0.05) is 11.8 Å². The van der Waals surface area contributed by atoms with E-state index in [2.05, 4.69) is 15.5 Å². The highest BCUT2D eigenvalue weighted by Gasteiger charge is 2.18. The molecule has 0 radical (unpaired) electrons. The number of hydrogen-bond acceptors (Lipinski definition) is 5. The highest BCUT2D eigenvalue weighted by atomic mass is 35.5. The van der Waals surface area contributed by atoms with Crippen LogP contribution in [0.25, 0.3) is 0 Å². The molecule has 0 aliphatic carbocycles. The standard InChI is InChI=1S/C17H16Cl2N6O3/c1-10-5-16(22-23(10)8-12-3-4-13(18)14(19)6-12)21-17(26)9-24-11(2)15(7-20-24)25(27)28/h3-7H,8-9H2,1-2H3,(H,21,22,26). The number of aryl methyl sites for hydroxylation is 1. The Balaban J connectivity index is 1.68. The van der Waals surface area contributed by atoms with Crippen molar-refractivity contribution in [3.8, 4) is 0 Å². The summed E-state index contributed by atoms with van der Waals surface area (Å²) in [6.45, 7) is 3.71. The van der Waals surface area contributed by atoms with Crippen molar-refractivity contribution in [1.82, 2.24) is 19.6 Å². The molecule has 11 heteroatoms. The van der Waals surface area contributed by atoms with E-state index >= 15 is 0 Å². The first-order valence-electron chi connectivity index (χ1n) is 8.19. The van der Waals surface area contributed by atoms with Gasteiger partial charge in [-0.1, -0.05) is 29.3 Å². The van der Waals surface area contributed by atoms with E-state index in [9.17, 15) is 14.9 Å². The molecule has 0 saturated heterocycles. The van der Waals surface area contributed by atoms with E-state index in [1.165, 1.54) is 11.6 Å². The molecule has 2 heterocycles. The average molecular weight is 423 g/mol. The number of anilines is 1. The zero-order chi connectivity index (χ0) is 20.4. The summed E-state index contributed by atoms with van der Waals surface area (Å²) in [5, 5.41) is 22.7. The highest BCUT2D eigenvalue weighted by molar-refractivity contribution is 6.42. The molecule has 0 unspecified atom stereocenters. The lowest BCUT2D eigenvalue weighted by Gasteiger charge is -2.06. The van der Waals surface area contributed by atoms with E-state index in [1.54, 1.807) is 22.9 Å². The van der Waals surface area contributed by atoms with Crippen molar-refractivity contribution in [2.45, 2.75) is 26.9 Å². The number of nitro groups is 1. The monoisotopic (exact) mass is 422 g/mol. The summed E-state index contributed by atoms with van der Waals surface area (Å²) < 4.78 is 2.99. The summed E-state index contributed by atoms with van der Waals surface area (Å²) in [5.41, 5.74) is 1.93. The van der Waals surface area contributed by atoms with E-state index in [0.29, 0.717) is 28.1 Å². The summed E-state index contributed by atoms with van der Waals surface area (Å²) in [6.07, 6.45) is 1.12. The number of benzene rings is 1. The van der Waals surface area contributed by atoms with Gasteiger partial charge in [-0.05, 0) is 31.5 Å². The number of nitrogens with one attached hydrogen (secondary N) is 1. The Hall–Kier alpha value is -2.91. The van der Waals surface area contributed by atoms with Gasteiger partial charge in [0.2, 0.25) is 5.91 Å². The van der Waals surface area contributed by atoms with Crippen molar-refractivity contribution in [2.75, 3.05) is 5.32 Å². The van der Waals surface area contributed by atoms with Crippen molar-refractivity contribution in [1.29, 1.82) is 0 Å². The molecule has 3 rings (SSSR count). The molecule has 9 nitrogen and oxygen atoms in total. The van der Waals surface area contributed by atoms with Crippen LogP contribution in [-0.2, 0) is 17.9 Å². The molecule has 146 valence electrons. The predicted octanol–water partition coefficient (Wildman–Crippen LogP) is 3.60. The van der Waals surface area contributed by atoms with Crippen LogP contribution in [0.2, 0.25) is 10.0 Å². The molecular weight excluding hydrogens is 407 g/mol. The van der Waals surface area contributed by atoms with E-state index in [0.717, 1.165) is 17.5 Å². The zero-order valence-electron chi connectivity index (χ0n) is 15.0. The summed E-state index contributed by atoms with van der Waals surface area (Å²) in [6, 6.07) is 7.05. The van der Waals surface area contributed by atoms with Gasteiger partial charge in [0.25, 0.3) is 0 Å². The number of aromatic nitrogens is 4. The third kappa shape index (κ3) is 4.32. The Kier molecular flexibility index (Phi) is 5.66. The average Bonchev–Trinajstić information content (AvgIpc) is 3.14. The Bertz CT molecular complexity index is 1060.